The highest BCUT2D eigenvalue weighted by atomic mass is 16.2. The Morgan fingerprint density at radius 3 is 2.00 bits per heavy atom. The van der Waals surface area contributed by atoms with Crippen LogP contribution in [0.25, 0.3) is 0 Å². The second kappa shape index (κ2) is 10.2. The first-order valence-corrected chi connectivity index (χ1v) is 12.4. The molecule has 0 aliphatic carbocycles. The van der Waals surface area contributed by atoms with Gasteiger partial charge in [0.2, 0.25) is 0 Å². The number of hydrogen-bond donors (Lipinski definition) is 0. The smallest absolute Gasteiger partial charge is 0.328 e. The van der Waals surface area contributed by atoms with E-state index in [0.717, 1.165) is 45.0 Å². The number of aliphatic imine (C=N–C) groups is 1. The van der Waals surface area contributed by atoms with Crippen LogP contribution in [-0.4, -0.2) is 108 Å². The molecule has 2 fully saturated rings. The Kier molecular flexibility index (Phi) is 6.83. The molecule has 5 rings (SSSR count). The maximum absolute atomic E-state index is 13.2. The lowest BCUT2D eigenvalue weighted by molar-refractivity contribution is -0.136. The van der Waals surface area contributed by atoms with Crippen molar-refractivity contribution in [2.45, 2.75) is 25.2 Å². The molecule has 2 unspecified atom stereocenters. The number of piperazine rings is 1. The lowest BCUT2D eigenvalue weighted by Gasteiger charge is -2.40. The molecule has 35 heavy (non-hydrogen) atoms. The highest BCUT2D eigenvalue weighted by Gasteiger charge is 2.50. The van der Waals surface area contributed by atoms with Gasteiger partial charge in [0.15, 0.2) is 12.2 Å². The molecule has 0 spiro atoms. The first-order valence-electron chi connectivity index (χ1n) is 12.4. The van der Waals surface area contributed by atoms with Gasteiger partial charge in [0.1, 0.15) is 5.84 Å². The van der Waals surface area contributed by atoms with E-state index in [1.165, 1.54) is 16.0 Å². The van der Waals surface area contributed by atoms with Crippen LogP contribution in [0.1, 0.15) is 11.1 Å². The molecular formula is C27H34N6O2. The summed E-state index contributed by atoms with van der Waals surface area (Å²) in [5.74, 6) is 0.744. The number of nitrogens with zero attached hydrogens (tertiary/aromatic N) is 6. The number of rotatable bonds is 7. The summed E-state index contributed by atoms with van der Waals surface area (Å²) < 4.78 is 0. The number of likely N-dealkylation sites (N-methyl/N-ethyl adjacent to an activating group) is 2. The van der Waals surface area contributed by atoms with Crippen molar-refractivity contribution in [1.82, 2.24) is 24.5 Å². The van der Waals surface area contributed by atoms with Crippen molar-refractivity contribution in [3.63, 3.8) is 0 Å². The molecule has 0 saturated carbocycles. The van der Waals surface area contributed by atoms with Gasteiger partial charge in [0.25, 0.3) is 5.91 Å². The Hall–Kier alpha value is -3.23. The monoisotopic (exact) mass is 474 g/mol. The Balaban J connectivity index is 1.27. The summed E-state index contributed by atoms with van der Waals surface area (Å²) in [6.45, 7) is 6.27. The van der Waals surface area contributed by atoms with Crippen molar-refractivity contribution in [3.05, 3.63) is 71.8 Å². The van der Waals surface area contributed by atoms with Crippen molar-refractivity contribution < 1.29 is 9.59 Å². The predicted octanol–water partition coefficient (Wildman–Crippen LogP) is 1.98. The highest BCUT2D eigenvalue weighted by Crippen LogP contribution is 2.28. The third-order valence-corrected chi connectivity index (χ3v) is 7.36. The maximum atomic E-state index is 13.2. The molecular weight excluding hydrogens is 440 g/mol. The maximum Gasteiger partial charge on any atom is 0.328 e. The van der Waals surface area contributed by atoms with E-state index in [2.05, 4.69) is 57.2 Å². The molecule has 8 nitrogen and oxygen atoms in total. The molecule has 2 aromatic carbocycles. The fourth-order valence-corrected chi connectivity index (χ4v) is 5.26. The summed E-state index contributed by atoms with van der Waals surface area (Å²) in [4.78, 5) is 40.6. The van der Waals surface area contributed by atoms with Gasteiger partial charge < -0.3 is 9.80 Å². The van der Waals surface area contributed by atoms with Crippen LogP contribution in [0.15, 0.2) is 65.7 Å². The number of amidine groups is 1. The van der Waals surface area contributed by atoms with Gasteiger partial charge in [-0.2, -0.15) is 0 Å². The Labute approximate surface area is 207 Å². The summed E-state index contributed by atoms with van der Waals surface area (Å²) in [7, 11) is 3.31. The van der Waals surface area contributed by atoms with Crippen molar-refractivity contribution in [2.75, 3.05) is 53.4 Å². The molecule has 0 N–H and O–H groups in total. The van der Waals surface area contributed by atoms with E-state index >= 15 is 0 Å². The van der Waals surface area contributed by atoms with Crippen LogP contribution >= 0.6 is 0 Å². The summed E-state index contributed by atoms with van der Waals surface area (Å²) in [5, 5.41) is 0. The number of amides is 3. The molecule has 0 bridgehead atoms. The average Bonchev–Trinajstić information content (AvgIpc) is 3.25. The molecule has 3 amide bonds. The fourth-order valence-electron chi connectivity index (χ4n) is 5.26. The van der Waals surface area contributed by atoms with Crippen molar-refractivity contribution in [2.24, 2.45) is 4.99 Å². The van der Waals surface area contributed by atoms with Gasteiger partial charge in [0, 0.05) is 53.4 Å². The number of hydrogen-bond acceptors (Lipinski definition) is 6. The second-order valence-electron chi connectivity index (χ2n) is 9.66. The molecule has 3 aliphatic heterocycles. The van der Waals surface area contributed by atoms with Crippen molar-refractivity contribution in [1.29, 1.82) is 0 Å². The van der Waals surface area contributed by atoms with E-state index in [-0.39, 0.29) is 11.9 Å². The number of carbonyl (C=O) groups excluding carboxylic acids is 2. The molecule has 0 radical (unpaired) electrons. The average molecular weight is 475 g/mol. The second-order valence-corrected chi connectivity index (χ2v) is 9.66. The van der Waals surface area contributed by atoms with Gasteiger partial charge in [0.05, 0.1) is 6.54 Å². The molecule has 2 saturated heterocycles. The molecule has 0 aromatic heterocycles. The summed E-state index contributed by atoms with van der Waals surface area (Å²) in [5.41, 5.74) is 2.57. The number of carbonyl (C=O) groups is 2. The van der Waals surface area contributed by atoms with Gasteiger partial charge in [-0.05, 0) is 17.5 Å². The normalized spacial score (nSPS) is 23.6. The minimum absolute atomic E-state index is 0.169. The van der Waals surface area contributed by atoms with E-state index in [0.29, 0.717) is 13.1 Å². The van der Waals surface area contributed by atoms with Crippen LogP contribution < -0.4 is 0 Å². The van der Waals surface area contributed by atoms with Crippen LogP contribution in [0.3, 0.4) is 0 Å². The van der Waals surface area contributed by atoms with Gasteiger partial charge in [-0.3, -0.25) is 19.5 Å². The topological polar surface area (TPSA) is 62.7 Å². The largest absolute Gasteiger partial charge is 0.343 e. The summed E-state index contributed by atoms with van der Waals surface area (Å²) in [6, 6.07) is 20.2. The van der Waals surface area contributed by atoms with E-state index in [1.54, 1.807) is 19.0 Å². The van der Waals surface area contributed by atoms with E-state index in [1.807, 2.05) is 18.2 Å². The van der Waals surface area contributed by atoms with Crippen LogP contribution in [0, 0.1) is 0 Å². The first kappa shape index (κ1) is 23.5. The molecule has 8 heteroatoms. The van der Waals surface area contributed by atoms with Crippen molar-refractivity contribution >= 4 is 17.8 Å². The predicted molar refractivity (Wildman–Crippen MR) is 136 cm³/mol. The number of benzene rings is 2. The number of fused-ring (bicyclic) bond motifs is 1. The lowest BCUT2D eigenvalue weighted by Crippen LogP contribution is -2.64. The van der Waals surface area contributed by atoms with Crippen LogP contribution in [-0.2, 0) is 17.8 Å². The van der Waals surface area contributed by atoms with Crippen LogP contribution in [0.5, 0.6) is 0 Å². The van der Waals surface area contributed by atoms with Gasteiger partial charge >= 0.3 is 6.03 Å². The SMILES string of the molecule is CN1C(=O)C2C(N=C(CN3CCN(Cc4ccccc4)CC3)N2CCc2ccccc2)N(C)C1=O. The molecule has 184 valence electrons. The standard InChI is InChI=1S/C27H34N6O2/c1-29-25-24(26(34)30(2)27(29)35)33(14-13-21-9-5-3-6-10-21)23(28-25)20-32-17-15-31(16-18-32)19-22-11-7-4-8-12-22/h3-12,24-25H,13-20H2,1-2H3. The zero-order chi connectivity index (χ0) is 24.4. The first-order chi connectivity index (χ1) is 17.0. The molecule has 3 heterocycles. The molecule has 2 aromatic rings. The molecule has 3 aliphatic rings. The van der Waals surface area contributed by atoms with E-state index in [9.17, 15) is 9.59 Å². The Morgan fingerprint density at radius 1 is 0.800 bits per heavy atom. The number of imide groups is 1. The van der Waals surface area contributed by atoms with Crippen LogP contribution in [0.2, 0.25) is 0 Å². The zero-order valence-electron chi connectivity index (χ0n) is 20.6. The van der Waals surface area contributed by atoms with E-state index in [4.69, 9.17) is 4.99 Å². The molecule has 2 atom stereocenters. The minimum atomic E-state index is -0.462. The van der Waals surface area contributed by atoms with Crippen LogP contribution in [0.4, 0.5) is 4.79 Å². The minimum Gasteiger partial charge on any atom is -0.343 e. The van der Waals surface area contributed by atoms with Crippen molar-refractivity contribution in [3.8, 4) is 0 Å². The third kappa shape index (κ3) is 4.94. The fraction of sp³-hybridized carbons (Fsp3) is 0.444. The Bertz CT molecular complexity index is 1070. The van der Waals surface area contributed by atoms with Gasteiger partial charge in [-0.25, -0.2) is 9.79 Å². The Morgan fingerprint density at radius 2 is 1.37 bits per heavy atom. The highest BCUT2D eigenvalue weighted by molar-refractivity contribution is 6.04. The third-order valence-electron chi connectivity index (χ3n) is 7.36. The quantitative estimate of drug-likeness (QED) is 0.614. The number of urea groups is 1. The summed E-state index contributed by atoms with van der Waals surface area (Å²) >= 11 is 0. The zero-order valence-corrected chi connectivity index (χ0v) is 20.6. The lowest BCUT2D eigenvalue weighted by atomic mass is 10.1. The summed E-state index contributed by atoms with van der Waals surface area (Å²) in [6.07, 6.45) is 0.360. The van der Waals surface area contributed by atoms with Gasteiger partial charge in [-0.1, -0.05) is 60.7 Å². The van der Waals surface area contributed by atoms with Gasteiger partial charge in [-0.15, -0.1) is 0 Å². The van der Waals surface area contributed by atoms with E-state index < -0.39 is 12.2 Å².